The highest BCUT2D eigenvalue weighted by Crippen LogP contribution is 2.19. The predicted molar refractivity (Wildman–Crippen MR) is 122 cm³/mol. The molecule has 8 nitrogen and oxygen atoms in total. The van der Waals surface area contributed by atoms with Crippen LogP contribution < -0.4 is 20.4 Å². The Labute approximate surface area is 192 Å². The molecule has 0 saturated heterocycles. The monoisotopic (exact) mass is 450 g/mol. The van der Waals surface area contributed by atoms with E-state index in [2.05, 4.69) is 0 Å². The molecule has 2 heterocycles. The third-order valence-electron chi connectivity index (χ3n) is 5.23. The summed E-state index contributed by atoms with van der Waals surface area (Å²) in [5, 5.41) is 27.8. The van der Waals surface area contributed by atoms with E-state index in [9.17, 15) is 10.0 Å². The number of benzene rings is 3. The fourth-order valence-electron chi connectivity index (χ4n) is 3.66. The smallest absolute Gasteiger partial charge is 0.468 e. The van der Waals surface area contributed by atoms with Gasteiger partial charge in [0.2, 0.25) is 0 Å². The third-order valence-corrected chi connectivity index (χ3v) is 5.23. The van der Waals surface area contributed by atoms with Gasteiger partial charge in [-0.3, -0.25) is 0 Å². The quantitative estimate of drug-likeness (QED) is 0.275. The lowest BCUT2D eigenvalue weighted by molar-refractivity contribution is 0.00554. The molecule has 2 aliphatic rings. The molecular formula is C23H24B2O8. The molecule has 5 rings (SSSR count). The second-order valence-electron chi connectivity index (χ2n) is 7.35. The van der Waals surface area contributed by atoms with E-state index in [1.807, 2.05) is 54.6 Å². The average molecular weight is 450 g/mol. The second kappa shape index (κ2) is 11.3. The Morgan fingerprint density at radius 3 is 1.88 bits per heavy atom. The fourth-order valence-corrected chi connectivity index (χ4v) is 3.66. The summed E-state index contributed by atoms with van der Waals surface area (Å²) in [5.74, 6) is 1.09. The summed E-state index contributed by atoms with van der Waals surface area (Å²) in [6.07, 6.45) is 0. The van der Waals surface area contributed by atoms with Crippen LogP contribution in [-0.2, 0) is 33.9 Å². The van der Waals surface area contributed by atoms with Crippen LogP contribution in [0.3, 0.4) is 0 Å². The van der Waals surface area contributed by atoms with E-state index < -0.39 is 21.0 Å². The lowest BCUT2D eigenvalue weighted by Crippen LogP contribution is -2.30. The Balaban J connectivity index is 0.000000172. The molecule has 0 radical (unpaired) electrons. The van der Waals surface area contributed by atoms with Gasteiger partial charge in [-0.1, -0.05) is 54.6 Å². The third kappa shape index (κ3) is 5.75. The first-order valence-corrected chi connectivity index (χ1v) is 10.5. The number of aliphatic hydroxyl groups is 1. The highest BCUT2D eigenvalue weighted by molar-refractivity contribution is 6.63. The summed E-state index contributed by atoms with van der Waals surface area (Å²) in [6.45, 7) is 1.04. The SMILES string of the molecule is OB1OCc2cccc(OCOCc3ccccc3)c21.OCOc1cccc2c1B(O)OC2. The molecule has 10 heteroatoms. The molecule has 0 aliphatic carbocycles. The number of ether oxygens (including phenoxy) is 3. The first-order chi connectivity index (χ1) is 16.2. The summed E-state index contributed by atoms with van der Waals surface area (Å²) < 4.78 is 26.2. The zero-order valence-corrected chi connectivity index (χ0v) is 17.9. The minimum atomic E-state index is -0.933. The molecule has 0 fully saturated rings. The highest BCUT2D eigenvalue weighted by Gasteiger charge is 2.31. The van der Waals surface area contributed by atoms with Crippen molar-refractivity contribution in [2.45, 2.75) is 19.8 Å². The van der Waals surface area contributed by atoms with Gasteiger partial charge in [0.25, 0.3) is 0 Å². The molecule has 3 N–H and O–H groups in total. The predicted octanol–water partition coefficient (Wildman–Crippen LogP) is 0.690. The van der Waals surface area contributed by atoms with Gasteiger partial charge in [0.1, 0.15) is 11.5 Å². The van der Waals surface area contributed by atoms with Gasteiger partial charge in [-0.05, 0) is 28.8 Å². The number of hydrogen-bond donors (Lipinski definition) is 3. The van der Waals surface area contributed by atoms with Crippen molar-refractivity contribution in [1.29, 1.82) is 0 Å². The van der Waals surface area contributed by atoms with E-state index in [0.29, 0.717) is 42.2 Å². The molecular weight excluding hydrogens is 426 g/mol. The number of hydrogen-bond acceptors (Lipinski definition) is 8. The Kier molecular flexibility index (Phi) is 8.00. The van der Waals surface area contributed by atoms with Gasteiger partial charge >= 0.3 is 14.2 Å². The summed E-state index contributed by atoms with van der Waals surface area (Å²) in [4.78, 5) is 0. The van der Waals surface area contributed by atoms with Crippen LogP contribution in [-0.4, -0.2) is 43.0 Å². The van der Waals surface area contributed by atoms with E-state index in [1.54, 1.807) is 12.1 Å². The van der Waals surface area contributed by atoms with E-state index in [4.69, 9.17) is 28.6 Å². The largest absolute Gasteiger partial charge is 0.495 e. The van der Waals surface area contributed by atoms with Crippen LogP contribution in [0.5, 0.6) is 11.5 Å². The van der Waals surface area contributed by atoms with Crippen LogP contribution in [0.4, 0.5) is 0 Å². The maximum Gasteiger partial charge on any atom is 0.495 e. The Morgan fingerprint density at radius 2 is 1.30 bits per heavy atom. The molecule has 3 aromatic carbocycles. The number of fused-ring (bicyclic) bond motifs is 2. The Morgan fingerprint density at radius 1 is 0.727 bits per heavy atom. The van der Waals surface area contributed by atoms with Crippen LogP contribution in [0, 0.1) is 0 Å². The molecule has 2 aliphatic heterocycles. The van der Waals surface area contributed by atoms with E-state index in [0.717, 1.165) is 16.7 Å². The molecule has 0 saturated carbocycles. The summed E-state index contributed by atoms with van der Waals surface area (Å²) >= 11 is 0. The van der Waals surface area contributed by atoms with Crippen LogP contribution in [0.25, 0.3) is 0 Å². The van der Waals surface area contributed by atoms with Crippen molar-refractivity contribution in [3.63, 3.8) is 0 Å². The standard InChI is InChI=1S/C15H15BO4.C8H9BO4/c17-16-15-13(10-20-16)7-4-8-14(15)19-11-18-9-12-5-2-1-3-6-12;10-5-12-7-3-1-2-6-4-13-9(11)8(6)7/h1-8,17H,9-11H2;1-3,10-11H,4-5H2. The Bertz CT molecular complexity index is 1050. The summed E-state index contributed by atoms with van der Waals surface area (Å²) in [7, 11) is -1.84. The van der Waals surface area contributed by atoms with Crippen LogP contribution in [0.2, 0.25) is 0 Å². The Hall–Kier alpha value is -2.85. The lowest BCUT2D eigenvalue weighted by Gasteiger charge is -2.11. The van der Waals surface area contributed by atoms with Crippen molar-refractivity contribution in [2.75, 3.05) is 13.6 Å². The zero-order chi connectivity index (χ0) is 23.0. The van der Waals surface area contributed by atoms with Crippen LogP contribution in [0.15, 0.2) is 66.7 Å². The highest BCUT2D eigenvalue weighted by atomic mass is 16.7. The minimum absolute atomic E-state index is 0.137. The maximum atomic E-state index is 9.75. The van der Waals surface area contributed by atoms with Crippen molar-refractivity contribution in [3.8, 4) is 11.5 Å². The molecule has 0 spiro atoms. The molecule has 0 aromatic heterocycles. The molecule has 0 bridgehead atoms. The lowest BCUT2D eigenvalue weighted by atomic mass is 9.79. The molecule has 0 atom stereocenters. The number of aliphatic hydroxyl groups excluding tert-OH is 1. The van der Waals surface area contributed by atoms with Crippen molar-refractivity contribution >= 4 is 25.2 Å². The van der Waals surface area contributed by atoms with Crippen LogP contribution >= 0.6 is 0 Å². The normalized spacial score (nSPS) is 13.8. The van der Waals surface area contributed by atoms with E-state index in [-0.39, 0.29) is 6.79 Å². The minimum Gasteiger partial charge on any atom is -0.468 e. The van der Waals surface area contributed by atoms with Gasteiger partial charge in [0.15, 0.2) is 13.6 Å². The molecule has 0 unspecified atom stereocenters. The fraction of sp³-hybridized carbons (Fsp3) is 0.217. The van der Waals surface area contributed by atoms with Crippen molar-refractivity contribution in [3.05, 3.63) is 83.4 Å². The summed E-state index contributed by atoms with van der Waals surface area (Å²) in [5.41, 5.74) is 4.28. The summed E-state index contributed by atoms with van der Waals surface area (Å²) in [6, 6.07) is 20.9. The van der Waals surface area contributed by atoms with Crippen LogP contribution in [0.1, 0.15) is 16.7 Å². The van der Waals surface area contributed by atoms with Gasteiger partial charge in [-0.15, -0.1) is 0 Å². The van der Waals surface area contributed by atoms with Gasteiger partial charge in [-0.25, -0.2) is 0 Å². The average Bonchev–Trinajstić information content (AvgIpc) is 3.42. The number of rotatable bonds is 7. The zero-order valence-electron chi connectivity index (χ0n) is 17.9. The molecule has 170 valence electrons. The first kappa shape index (κ1) is 23.3. The maximum absolute atomic E-state index is 9.75. The molecule has 3 aromatic rings. The van der Waals surface area contributed by atoms with Crippen molar-refractivity contribution < 1.29 is 38.7 Å². The van der Waals surface area contributed by atoms with Gasteiger partial charge in [-0.2, -0.15) is 0 Å². The molecule has 0 amide bonds. The molecule has 33 heavy (non-hydrogen) atoms. The second-order valence-corrected chi connectivity index (χ2v) is 7.35. The van der Waals surface area contributed by atoms with E-state index >= 15 is 0 Å². The van der Waals surface area contributed by atoms with Gasteiger partial charge in [0.05, 0.1) is 19.8 Å². The van der Waals surface area contributed by atoms with Crippen molar-refractivity contribution in [1.82, 2.24) is 0 Å². The van der Waals surface area contributed by atoms with Crippen molar-refractivity contribution in [2.24, 2.45) is 0 Å². The first-order valence-electron chi connectivity index (χ1n) is 10.5. The topological polar surface area (TPSA) is 107 Å². The van der Waals surface area contributed by atoms with Gasteiger partial charge in [0, 0.05) is 10.9 Å². The van der Waals surface area contributed by atoms with E-state index in [1.165, 1.54) is 0 Å². The van der Waals surface area contributed by atoms with Gasteiger partial charge < -0.3 is 38.7 Å².